The molecule has 0 aliphatic heterocycles. The Morgan fingerprint density at radius 1 is 1.00 bits per heavy atom. The normalized spacial score (nSPS) is 12.8. The minimum atomic E-state index is -0.715. The third-order valence-electron chi connectivity index (χ3n) is 3.76. The van der Waals surface area contributed by atoms with Gasteiger partial charge in [-0.05, 0) is 55.8 Å². The van der Waals surface area contributed by atoms with E-state index in [-0.39, 0.29) is 17.8 Å². The zero-order valence-electron chi connectivity index (χ0n) is 14.7. The first-order valence-corrected chi connectivity index (χ1v) is 7.89. The summed E-state index contributed by atoms with van der Waals surface area (Å²) in [5, 5.41) is 2.88. The molecule has 5 nitrogen and oxygen atoms in total. The van der Waals surface area contributed by atoms with Gasteiger partial charge >= 0.3 is 0 Å². The van der Waals surface area contributed by atoms with Crippen molar-refractivity contribution in [3.63, 3.8) is 0 Å². The SMILES string of the molecule is COc1ccc([C@H](C)NC(=O)[C@H](C)Oc2ccc(F)cc2)cc1OC. The van der Waals surface area contributed by atoms with Gasteiger partial charge in [0.1, 0.15) is 11.6 Å². The van der Waals surface area contributed by atoms with E-state index in [4.69, 9.17) is 14.2 Å². The smallest absolute Gasteiger partial charge is 0.261 e. The molecule has 0 aliphatic rings. The van der Waals surface area contributed by atoms with Gasteiger partial charge in [0.2, 0.25) is 0 Å². The molecule has 1 N–H and O–H groups in total. The molecule has 6 heteroatoms. The van der Waals surface area contributed by atoms with E-state index in [0.717, 1.165) is 5.56 Å². The molecule has 0 heterocycles. The molecule has 0 spiro atoms. The van der Waals surface area contributed by atoms with Gasteiger partial charge in [-0.1, -0.05) is 6.07 Å². The Morgan fingerprint density at radius 2 is 1.64 bits per heavy atom. The Hall–Kier alpha value is -2.76. The molecule has 1 amide bonds. The third-order valence-corrected chi connectivity index (χ3v) is 3.76. The van der Waals surface area contributed by atoms with Crippen molar-refractivity contribution in [2.24, 2.45) is 0 Å². The second-order valence-electron chi connectivity index (χ2n) is 5.56. The molecule has 0 saturated carbocycles. The maximum Gasteiger partial charge on any atom is 0.261 e. The largest absolute Gasteiger partial charge is 0.493 e. The first kappa shape index (κ1) is 18.6. The van der Waals surface area contributed by atoms with Crippen LogP contribution in [0.1, 0.15) is 25.5 Å². The molecule has 0 radical (unpaired) electrons. The predicted molar refractivity (Wildman–Crippen MR) is 92.6 cm³/mol. The van der Waals surface area contributed by atoms with Crippen molar-refractivity contribution in [2.45, 2.75) is 26.0 Å². The number of rotatable bonds is 7. The van der Waals surface area contributed by atoms with Gasteiger partial charge in [0.15, 0.2) is 17.6 Å². The summed E-state index contributed by atoms with van der Waals surface area (Å²) in [6.07, 6.45) is -0.715. The lowest BCUT2D eigenvalue weighted by Gasteiger charge is -2.20. The molecule has 0 saturated heterocycles. The second-order valence-corrected chi connectivity index (χ2v) is 5.56. The summed E-state index contributed by atoms with van der Waals surface area (Å²) in [7, 11) is 3.13. The van der Waals surface area contributed by atoms with Crippen LogP contribution in [0, 0.1) is 5.82 Å². The molecule has 2 aromatic carbocycles. The van der Waals surface area contributed by atoms with Crippen LogP contribution in [-0.4, -0.2) is 26.2 Å². The highest BCUT2D eigenvalue weighted by atomic mass is 19.1. The molecule has 0 fully saturated rings. The quantitative estimate of drug-likeness (QED) is 0.833. The van der Waals surface area contributed by atoms with Crippen LogP contribution in [0.3, 0.4) is 0 Å². The maximum absolute atomic E-state index is 12.9. The van der Waals surface area contributed by atoms with Crippen LogP contribution in [-0.2, 0) is 4.79 Å². The van der Waals surface area contributed by atoms with Crippen molar-refractivity contribution >= 4 is 5.91 Å². The van der Waals surface area contributed by atoms with E-state index in [2.05, 4.69) is 5.32 Å². The summed E-state index contributed by atoms with van der Waals surface area (Å²) in [5.41, 5.74) is 0.875. The van der Waals surface area contributed by atoms with Crippen molar-refractivity contribution in [3.05, 3.63) is 53.8 Å². The van der Waals surface area contributed by atoms with Gasteiger partial charge < -0.3 is 19.5 Å². The highest BCUT2D eigenvalue weighted by Gasteiger charge is 2.18. The lowest BCUT2D eigenvalue weighted by Crippen LogP contribution is -2.37. The standard InChI is InChI=1S/C19H22FNO4/c1-12(14-5-10-17(23-3)18(11-14)24-4)21-19(22)13(2)25-16-8-6-15(20)7-9-16/h5-13H,1-4H3,(H,21,22)/t12-,13-/m0/s1. The molecule has 0 aliphatic carbocycles. The lowest BCUT2D eigenvalue weighted by molar-refractivity contribution is -0.127. The summed E-state index contributed by atoms with van der Waals surface area (Å²) < 4.78 is 28.9. The van der Waals surface area contributed by atoms with E-state index in [0.29, 0.717) is 17.2 Å². The van der Waals surface area contributed by atoms with E-state index in [1.165, 1.54) is 24.3 Å². The fourth-order valence-electron chi connectivity index (χ4n) is 2.31. The highest BCUT2D eigenvalue weighted by Crippen LogP contribution is 2.29. The first-order valence-electron chi connectivity index (χ1n) is 7.89. The van der Waals surface area contributed by atoms with Gasteiger partial charge in [-0.25, -0.2) is 4.39 Å². The van der Waals surface area contributed by atoms with Crippen LogP contribution in [0.2, 0.25) is 0 Å². The van der Waals surface area contributed by atoms with E-state index < -0.39 is 6.10 Å². The Labute approximate surface area is 146 Å². The van der Waals surface area contributed by atoms with Gasteiger partial charge in [0.05, 0.1) is 20.3 Å². The molecule has 2 rings (SSSR count). The van der Waals surface area contributed by atoms with E-state index in [1.807, 2.05) is 19.1 Å². The number of benzene rings is 2. The first-order chi connectivity index (χ1) is 11.9. The van der Waals surface area contributed by atoms with Crippen molar-refractivity contribution < 1.29 is 23.4 Å². The van der Waals surface area contributed by atoms with Crippen LogP contribution >= 0.6 is 0 Å². The molecule has 0 bridgehead atoms. The van der Waals surface area contributed by atoms with Crippen molar-refractivity contribution in [1.82, 2.24) is 5.32 Å². The van der Waals surface area contributed by atoms with Crippen LogP contribution in [0.5, 0.6) is 17.2 Å². The fourth-order valence-corrected chi connectivity index (χ4v) is 2.31. The summed E-state index contributed by atoms with van der Waals surface area (Å²) in [4.78, 5) is 12.3. The van der Waals surface area contributed by atoms with Gasteiger partial charge in [-0.2, -0.15) is 0 Å². The number of nitrogens with one attached hydrogen (secondary N) is 1. The lowest BCUT2D eigenvalue weighted by atomic mass is 10.1. The average Bonchev–Trinajstić information content (AvgIpc) is 2.62. The number of amides is 1. The van der Waals surface area contributed by atoms with Gasteiger partial charge in [-0.15, -0.1) is 0 Å². The van der Waals surface area contributed by atoms with Crippen molar-refractivity contribution in [3.8, 4) is 17.2 Å². The Kier molecular flexibility index (Phi) is 6.22. The van der Waals surface area contributed by atoms with Gasteiger partial charge in [0.25, 0.3) is 5.91 Å². The van der Waals surface area contributed by atoms with Crippen LogP contribution in [0.4, 0.5) is 4.39 Å². The van der Waals surface area contributed by atoms with Crippen molar-refractivity contribution in [1.29, 1.82) is 0 Å². The Balaban J connectivity index is 2.00. The summed E-state index contributed by atoms with van der Waals surface area (Å²) >= 11 is 0. The van der Waals surface area contributed by atoms with Gasteiger partial charge in [-0.3, -0.25) is 4.79 Å². The number of carbonyl (C=O) groups excluding carboxylic acids is 1. The number of hydrogen-bond acceptors (Lipinski definition) is 4. The molecule has 0 unspecified atom stereocenters. The highest BCUT2D eigenvalue weighted by molar-refractivity contribution is 5.81. The maximum atomic E-state index is 12.9. The van der Waals surface area contributed by atoms with E-state index in [1.54, 1.807) is 27.2 Å². The molecule has 2 aromatic rings. The summed E-state index contributed by atoms with van der Waals surface area (Å²) in [5.74, 6) is 1.02. The monoisotopic (exact) mass is 347 g/mol. The molecule has 2 atom stereocenters. The molecular weight excluding hydrogens is 325 g/mol. The average molecular weight is 347 g/mol. The van der Waals surface area contributed by atoms with Gasteiger partial charge in [0, 0.05) is 0 Å². The zero-order chi connectivity index (χ0) is 18.4. The molecule has 134 valence electrons. The zero-order valence-corrected chi connectivity index (χ0v) is 14.7. The predicted octanol–water partition coefficient (Wildman–Crippen LogP) is 3.49. The van der Waals surface area contributed by atoms with E-state index in [9.17, 15) is 9.18 Å². The van der Waals surface area contributed by atoms with Crippen molar-refractivity contribution in [2.75, 3.05) is 14.2 Å². The third kappa shape index (κ3) is 4.86. The fraction of sp³-hybridized carbons (Fsp3) is 0.316. The van der Waals surface area contributed by atoms with Crippen LogP contribution in [0.15, 0.2) is 42.5 Å². The topological polar surface area (TPSA) is 56.8 Å². The Morgan fingerprint density at radius 3 is 2.24 bits per heavy atom. The summed E-state index contributed by atoms with van der Waals surface area (Å²) in [6.45, 7) is 3.50. The number of hydrogen-bond donors (Lipinski definition) is 1. The molecule has 25 heavy (non-hydrogen) atoms. The minimum absolute atomic E-state index is 0.244. The Bertz CT molecular complexity index is 718. The summed E-state index contributed by atoms with van der Waals surface area (Å²) in [6, 6.07) is 10.8. The second kappa shape index (κ2) is 8.37. The number of carbonyl (C=O) groups is 1. The van der Waals surface area contributed by atoms with E-state index >= 15 is 0 Å². The van der Waals surface area contributed by atoms with Crippen LogP contribution < -0.4 is 19.5 Å². The number of methoxy groups -OCH3 is 2. The molecule has 0 aromatic heterocycles. The molecular formula is C19H22FNO4. The van der Waals surface area contributed by atoms with Crippen LogP contribution in [0.25, 0.3) is 0 Å². The number of halogens is 1. The minimum Gasteiger partial charge on any atom is -0.493 e. The number of ether oxygens (including phenoxy) is 3.